The van der Waals surface area contributed by atoms with Gasteiger partial charge in [-0.15, -0.1) is 0 Å². The fourth-order valence-corrected chi connectivity index (χ4v) is 2.18. The van der Waals surface area contributed by atoms with E-state index in [4.69, 9.17) is 9.47 Å². The molecule has 0 aliphatic carbocycles. The lowest BCUT2D eigenvalue weighted by molar-refractivity contribution is -0.123. The first-order valence-corrected chi connectivity index (χ1v) is 9.30. The van der Waals surface area contributed by atoms with Crippen molar-refractivity contribution in [3.63, 3.8) is 0 Å². The van der Waals surface area contributed by atoms with E-state index in [2.05, 4.69) is 10.6 Å². The van der Waals surface area contributed by atoms with Crippen LogP contribution < -0.4 is 10.6 Å². The number of benzene rings is 1. The van der Waals surface area contributed by atoms with Crippen LogP contribution in [-0.4, -0.2) is 51.2 Å². The molecular formula is C20H31FN2O4. The van der Waals surface area contributed by atoms with Crippen molar-refractivity contribution in [2.24, 2.45) is 5.92 Å². The molecule has 0 aliphatic heterocycles. The summed E-state index contributed by atoms with van der Waals surface area (Å²) in [6.45, 7) is 8.09. The number of Topliss-reactive ketones (excluding diaryl/α,β-unsaturated/α-hetero) is 1. The number of nitrogens with one attached hydrogen (secondary N) is 2. The van der Waals surface area contributed by atoms with Gasteiger partial charge in [-0.2, -0.15) is 0 Å². The number of aryl methyl sites for hydroxylation is 1. The molecule has 7 heteroatoms. The van der Waals surface area contributed by atoms with E-state index in [9.17, 15) is 14.0 Å². The fraction of sp³-hybridized carbons (Fsp3) is 0.600. The minimum atomic E-state index is -0.244. The van der Waals surface area contributed by atoms with Crippen molar-refractivity contribution in [2.75, 3.05) is 39.5 Å². The molecule has 1 amide bonds. The highest BCUT2D eigenvalue weighted by Crippen LogP contribution is 2.08. The number of amides is 1. The van der Waals surface area contributed by atoms with Crippen molar-refractivity contribution in [3.8, 4) is 0 Å². The van der Waals surface area contributed by atoms with Gasteiger partial charge in [0.2, 0.25) is 5.91 Å². The van der Waals surface area contributed by atoms with Crippen LogP contribution >= 0.6 is 0 Å². The summed E-state index contributed by atoms with van der Waals surface area (Å²) in [5.41, 5.74) is 1.40. The summed E-state index contributed by atoms with van der Waals surface area (Å²) < 4.78 is 24.1. The second-order valence-corrected chi connectivity index (χ2v) is 6.63. The van der Waals surface area contributed by atoms with Crippen LogP contribution in [0.2, 0.25) is 0 Å². The van der Waals surface area contributed by atoms with Crippen molar-refractivity contribution in [1.29, 1.82) is 0 Å². The standard InChI is InChI=1S/C20H31FN2O4/c1-15(2)19(24)6-8-26-10-11-27-9-7-23-20(25)14-22-13-17-5-4-16(3)18(21)12-17/h4-5,12,15,22H,6-11,13-14H2,1-3H3,(H,23,25). The summed E-state index contributed by atoms with van der Waals surface area (Å²) >= 11 is 0. The molecule has 1 rings (SSSR count). The van der Waals surface area contributed by atoms with Crippen LogP contribution in [0.3, 0.4) is 0 Å². The zero-order valence-corrected chi connectivity index (χ0v) is 16.5. The van der Waals surface area contributed by atoms with Crippen LogP contribution in [0.4, 0.5) is 4.39 Å². The Morgan fingerprint density at radius 3 is 2.48 bits per heavy atom. The van der Waals surface area contributed by atoms with Gasteiger partial charge in [-0.25, -0.2) is 4.39 Å². The molecule has 0 unspecified atom stereocenters. The lowest BCUT2D eigenvalue weighted by Crippen LogP contribution is -2.35. The summed E-state index contributed by atoms with van der Waals surface area (Å²) in [6, 6.07) is 5.02. The lowest BCUT2D eigenvalue weighted by Gasteiger charge is -2.09. The van der Waals surface area contributed by atoms with E-state index in [1.54, 1.807) is 13.0 Å². The minimum absolute atomic E-state index is 0.0426. The van der Waals surface area contributed by atoms with Gasteiger partial charge < -0.3 is 20.1 Å². The smallest absolute Gasteiger partial charge is 0.234 e. The highest BCUT2D eigenvalue weighted by atomic mass is 19.1. The van der Waals surface area contributed by atoms with Crippen molar-refractivity contribution in [2.45, 2.75) is 33.7 Å². The van der Waals surface area contributed by atoms with Gasteiger partial charge in [0.1, 0.15) is 11.6 Å². The number of ether oxygens (including phenoxy) is 2. The van der Waals surface area contributed by atoms with Crippen LogP contribution in [0.25, 0.3) is 0 Å². The summed E-state index contributed by atoms with van der Waals surface area (Å²) in [7, 11) is 0. The maximum Gasteiger partial charge on any atom is 0.234 e. The molecule has 1 aromatic carbocycles. The summed E-state index contributed by atoms with van der Waals surface area (Å²) in [4.78, 5) is 23.1. The Morgan fingerprint density at radius 1 is 1.11 bits per heavy atom. The van der Waals surface area contributed by atoms with Crippen molar-refractivity contribution in [1.82, 2.24) is 10.6 Å². The Bertz CT molecular complexity index is 593. The molecule has 0 saturated heterocycles. The molecule has 0 saturated carbocycles. The highest BCUT2D eigenvalue weighted by molar-refractivity contribution is 5.80. The normalized spacial score (nSPS) is 11.0. The Balaban J connectivity index is 1.95. The van der Waals surface area contributed by atoms with E-state index in [0.717, 1.165) is 5.56 Å². The van der Waals surface area contributed by atoms with Gasteiger partial charge in [0.25, 0.3) is 0 Å². The van der Waals surface area contributed by atoms with Crippen LogP contribution in [0.15, 0.2) is 18.2 Å². The third-order valence-corrected chi connectivity index (χ3v) is 3.93. The van der Waals surface area contributed by atoms with Gasteiger partial charge in [-0.3, -0.25) is 9.59 Å². The SMILES string of the molecule is Cc1ccc(CNCC(=O)NCCOCCOCCC(=O)C(C)C)cc1F. The lowest BCUT2D eigenvalue weighted by atomic mass is 10.1. The van der Waals surface area contributed by atoms with Crippen molar-refractivity contribution < 1.29 is 23.5 Å². The first-order chi connectivity index (χ1) is 12.9. The number of carbonyl (C=O) groups is 2. The Kier molecular flexibility index (Phi) is 11.5. The van der Waals surface area contributed by atoms with E-state index < -0.39 is 0 Å². The monoisotopic (exact) mass is 382 g/mol. The molecular weight excluding hydrogens is 351 g/mol. The van der Waals surface area contributed by atoms with Crippen molar-refractivity contribution in [3.05, 3.63) is 35.1 Å². The third kappa shape index (κ3) is 10.8. The molecule has 2 N–H and O–H groups in total. The zero-order valence-electron chi connectivity index (χ0n) is 16.5. The highest BCUT2D eigenvalue weighted by Gasteiger charge is 2.06. The number of ketones is 1. The summed E-state index contributed by atoms with van der Waals surface area (Å²) in [5, 5.41) is 5.71. The summed E-state index contributed by atoms with van der Waals surface area (Å²) in [6.07, 6.45) is 0.427. The molecule has 0 radical (unpaired) electrons. The molecule has 1 aromatic rings. The van der Waals surface area contributed by atoms with Gasteiger partial charge in [0.05, 0.1) is 33.0 Å². The van der Waals surface area contributed by atoms with Gasteiger partial charge in [-0.05, 0) is 24.1 Å². The van der Waals surface area contributed by atoms with Gasteiger partial charge in [0, 0.05) is 25.4 Å². The molecule has 0 aromatic heterocycles. The van der Waals surface area contributed by atoms with Crippen LogP contribution in [0.1, 0.15) is 31.4 Å². The Labute approximate surface area is 160 Å². The molecule has 6 nitrogen and oxygen atoms in total. The van der Waals surface area contributed by atoms with Crippen LogP contribution in [0, 0.1) is 18.7 Å². The van der Waals surface area contributed by atoms with E-state index in [-0.39, 0.29) is 30.0 Å². The maximum absolute atomic E-state index is 13.4. The van der Waals surface area contributed by atoms with Gasteiger partial charge in [0.15, 0.2) is 0 Å². The second kappa shape index (κ2) is 13.4. The molecule has 0 aliphatic rings. The topological polar surface area (TPSA) is 76.7 Å². The van der Waals surface area contributed by atoms with Crippen LogP contribution in [-0.2, 0) is 25.6 Å². The molecule has 0 bridgehead atoms. The van der Waals surface area contributed by atoms with Gasteiger partial charge >= 0.3 is 0 Å². The zero-order chi connectivity index (χ0) is 20.1. The van der Waals surface area contributed by atoms with Crippen LogP contribution in [0.5, 0.6) is 0 Å². The average Bonchev–Trinajstić information content (AvgIpc) is 2.63. The Morgan fingerprint density at radius 2 is 1.81 bits per heavy atom. The van der Waals surface area contributed by atoms with Gasteiger partial charge in [-0.1, -0.05) is 26.0 Å². The molecule has 0 fully saturated rings. The summed E-state index contributed by atoms with van der Waals surface area (Å²) in [5.74, 6) is -0.151. The van der Waals surface area contributed by atoms with E-state index in [0.29, 0.717) is 51.5 Å². The predicted molar refractivity (Wildman–Crippen MR) is 102 cm³/mol. The first kappa shape index (κ1) is 23.2. The Hall–Kier alpha value is -1.83. The molecule has 0 atom stereocenters. The number of hydrogen-bond donors (Lipinski definition) is 2. The predicted octanol–water partition coefficient (Wildman–Crippen LogP) is 1.99. The third-order valence-electron chi connectivity index (χ3n) is 3.93. The van der Waals surface area contributed by atoms with E-state index >= 15 is 0 Å². The molecule has 27 heavy (non-hydrogen) atoms. The second-order valence-electron chi connectivity index (χ2n) is 6.63. The number of rotatable bonds is 14. The number of carbonyl (C=O) groups excluding carboxylic acids is 2. The fourth-order valence-electron chi connectivity index (χ4n) is 2.18. The minimum Gasteiger partial charge on any atom is -0.379 e. The van der Waals surface area contributed by atoms with E-state index in [1.165, 1.54) is 6.07 Å². The van der Waals surface area contributed by atoms with Crippen molar-refractivity contribution >= 4 is 11.7 Å². The molecule has 0 heterocycles. The number of hydrogen-bond acceptors (Lipinski definition) is 5. The molecule has 152 valence electrons. The maximum atomic E-state index is 13.4. The largest absolute Gasteiger partial charge is 0.379 e. The average molecular weight is 382 g/mol. The quantitative estimate of drug-likeness (QED) is 0.481. The van der Waals surface area contributed by atoms with E-state index in [1.807, 2.05) is 19.9 Å². The molecule has 0 spiro atoms. The first-order valence-electron chi connectivity index (χ1n) is 9.30. The number of halogens is 1.